The maximum absolute atomic E-state index is 11.2. The van der Waals surface area contributed by atoms with E-state index in [-0.39, 0.29) is 5.97 Å². The van der Waals surface area contributed by atoms with Crippen LogP contribution >= 0.6 is 0 Å². The van der Waals surface area contributed by atoms with Crippen LogP contribution in [0.3, 0.4) is 0 Å². The van der Waals surface area contributed by atoms with Crippen molar-refractivity contribution in [2.24, 2.45) is 0 Å². The van der Waals surface area contributed by atoms with Gasteiger partial charge in [-0.15, -0.1) is 0 Å². The summed E-state index contributed by atoms with van der Waals surface area (Å²) in [5.41, 5.74) is 0. The zero-order valence-corrected chi connectivity index (χ0v) is 10.8. The molecule has 0 aromatic heterocycles. The number of methoxy groups -OCH3 is 1. The van der Waals surface area contributed by atoms with Crippen LogP contribution in [-0.4, -0.2) is 49.7 Å². The van der Waals surface area contributed by atoms with Crippen LogP contribution in [0.25, 0.3) is 0 Å². The topological polar surface area (TPSA) is 41.6 Å². The van der Waals surface area contributed by atoms with Crippen LogP contribution in [0.5, 0.6) is 0 Å². The minimum atomic E-state index is -0.0905. The Balaban J connectivity index is 1.73. The highest BCUT2D eigenvalue weighted by Crippen LogP contribution is 2.27. The third kappa shape index (κ3) is 4.28. The van der Waals surface area contributed by atoms with Gasteiger partial charge in [0.15, 0.2) is 0 Å². The number of esters is 1. The van der Waals surface area contributed by atoms with Gasteiger partial charge in [-0.05, 0) is 32.2 Å². The highest BCUT2D eigenvalue weighted by atomic mass is 16.5. The molecule has 4 heteroatoms. The van der Waals surface area contributed by atoms with Crippen molar-refractivity contribution < 1.29 is 9.53 Å². The van der Waals surface area contributed by atoms with E-state index in [9.17, 15) is 4.79 Å². The largest absolute Gasteiger partial charge is 0.469 e. The van der Waals surface area contributed by atoms with E-state index in [1.54, 1.807) is 0 Å². The summed E-state index contributed by atoms with van der Waals surface area (Å²) in [4.78, 5) is 13.7. The summed E-state index contributed by atoms with van der Waals surface area (Å²) in [6.45, 7) is 3.11. The molecule has 0 bridgehead atoms. The Morgan fingerprint density at radius 1 is 1.35 bits per heavy atom. The minimum Gasteiger partial charge on any atom is -0.469 e. The van der Waals surface area contributed by atoms with Crippen molar-refractivity contribution in [1.29, 1.82) is 0 Å². The SMILES string of the molecule is COC(=O)CCN(CC1CCCCN1)C1CC1. The molecule has 17 heavy (non-hydrogen) atoms. The summed E-state index contributed by atoms with van der Waals surface area (Å²) in [7, 11) is 1.46. The molecular formula is C13H24N2O2. The van der Waals surface area contributed by atoms with Gasteiger partial charge >= 0.3 is 5.97 Å². The van der Waals surface area contributed by atoms with E-state index in [1.165, 1.54) is 39.2 Å². The van der Waals surface area contributed by atoms with Crippen LogP contribution < -0.4 is 5.32 Å². The van der Waals surface area contributed by atoms with Crippen molar-refractivity contribution in [1.82, 2.24) is 10.2 Å². The highest BCUT2D eigenvalue weighted by molar-refractivity contribution is 5.69. The molecule has 1 aliphatic carbocycles. The third-order valence-electron chi connectivity index (χ3n) is 3.76. The van der Waals surface area contributed by atoms with E-state index in [4.69, 9.17) is 4.74 Å². The van der Waals surface area contributed by atoms with Crippen LogP contribution in [0.2, 0.25) is 0 Å². The Bertz CT molecular complexity index is 248. The fraction of sp³-hybridized carbons (Fsp3) is 0.923. The number of carbonyl (C=O) groups excluding carboxylic acids is 1. The smallest absolute Gasteiger partial charge is 0.306 e. The lowest BCUT2D eigenvalue weighted by Crippen LogP contribution is -2.45. The molecule has 4 nitrogen and oxygen atoms in total. The van der Waals surface area contributed by atoms with Crippen molar-refractivity contribution in [2.75, 3.05) is 26.7 Å². The number of nitrogens with zero attached hydrogens (tertiary/aromatic N) is 1. The van der Waals surface area contributed by atoms with Crippen LogP contribution in [0.4, 0.5) is 0 Å². The standard InChI is InChI=1S/C13H24N2O2/c1-17-13(16)7-9-15(12-5-6-12)10-11-4-2-3-8-14-11/h11-12,14H,2-10H2,1H3. The van der Waals surface area contributed by atoms with Crippen LogP contribution in [0.15, 0.2) is 0 Å². The summed E-state index contributed by atoms with van der Waals surface area (Å²) in [5.74, 6) is -0.0905. The molecule has 1 N–H and O–H groups in total. The number of hydrogen-bond donors (Lipinski definition) is 1. The third-order valence-corrected chi connectivity index (χ3v) is 3.76. The first kappa shape index (κ1) is 12.8. The molecule has 0 aromatic rings. The number of rotatable bonds is 6. The molecule has 2 rings (SSSR count). The van der Waals surface area contributed by atoms with Gasteiger partial charge < -0.3 is 10.1 Å². The van der Waals surface area contributed by atoms with Gasteiger partial charge in [0.2, 0.25) is 0 Å². The van der Waals surface area contributed by atoms with Gasteiger partial charge in [-0.1, -0.05) is 6.42 Å². The molecule has 1 saturated heterocycles. The average molecular weight is 240 g/mol. The highest BCUT2D eigenvalue weighted by Gasteiger charge is 2.30. The maximum atomic E-state index is 11.2. The summed E-state index contributed by atoms with van der Waals surface area (Å²) >= 11 is 0. The molecule has 0 amide bonds. The van der Waals surface area contributed by atoms with Crippen LogP contribution in [0, 0.1) is 0 Å². The first-order chi connectivity index (χ1) is 8.29. The maximum Gasteiger partial charge on any atom is 0.306 e. The minimum absolute atomic E-state index is 0.0905. The number of ether oxygens (including phenoxy) is 1. The van der Waals surface area contributed by atoms with E-state index in [1.807, 2.05) is 0 Å². The van der Waals surface area contributed by atoms with E-state index >= 15 is 0 Å². The molecule has 1 unspecified atom stereocenters. The second-order valence-corrected chi connectivity index (χ2v) is 5.20. The summed E-state index contributed by atoms with van der Waals surface area (Å²) in [6.07, 6.45) is 7.05. The monoisotopic (exact) mass is 240 g/mol. The zero-order chi connectivity index (χ0) is 12.1. The van der Waals surface area contributed by atoms with Gasteiger partial charge in [-0.3, -0.25) is 9.69 Å². The molecule has 2 fully saturated rings. The second kappa shape index (κ2) is 6.36. The number of piperidine rings is 1. The number of hydrogen-bond acceptors (Lipinski definition) is 4. The van der Waals surface area contributed by atoms with E-state index in [2.05, 4.69) is 10.2 Å². The Morgan fingerprint density at radius 3 is 2.76 bits per heavy atom. The fourth-order valence-corrected chi connectivity index (χ4v) is 2.56. The van der Waals surface area contributed by atoms with Crippen LogP contribution in [0.1, 0.15) is 38.5 Å². The van der Waals surface area contributed by atoms with E-state index in [0.717, 1.165) is 25.7 Å². The number of carbonyl (C=O) groups is 1. The molecule has 0 aromatic carbocycles. The molecule has 98 valence electrons. The average Bonchev–Trinajstić information content (AvgIpc) is 3.19. The van der Waals surface area contributed by atoms with Gasteiger partial charge in [0.25, 0.3) is 0 Å². The van der Waals surface area contributed by atoms with Crippen molar-refractivity contribution in [3.05, 3.63) is 0 Å². The molecule has 1 saturated carbocycles. The zero-order valence-electron chi connectivity index (χ0n) is 10.8. The van der Waals surface area contributed by atoms with Gasteiger partial charge in [-0.2, -0.15) is 0 Å². The van der Waals surface area contributed by atoms with Crippen molar-refractivity contribution in [3.8, 4) is 0 Å². The quantitative estimate of drug-likeness (QED) is 0.707. The van der Waals surface area contributed by atoms with Crippen LogP contribution in [-0.2, 0) is 9.53 Å². The second-order valence-electron chi connectivity index (χ2n) is 5.20. The fourth-order valence-electron chi connectivity index (χ4n) is 2.56. The van der Waals surface area contributed by atoms with Gasteiger partial charge in [-0.25, -0.2) is 0 Å². The normalized spacial score (nSPS) is 24.9. The molecule has 0 radical (unpaired) electrons. The van der Waals surface area contributed by atoms with Crippen molar-refractivity contribution in [3.63, 3.8) is 0 Å². The predicted octanol–water partition coefficient (Wildman–Crippen LogP) is 1.16. The molecule has 0 spiro atoms. The first-order valence-corrected chi connectivity index (χ1v) is 6.84. The molecule has 1 aliphatic heterocycles. The lowest BCUT2D eigenvalue weighted by molar-refractivity contribution is -0.141. The Kier molecular flexibility index (Phi) is 4.80. The van der Waals surface area contributed by atoms with E-state index in [0.29, 0.717) is 12.5 Å². The molecule has 2 aliphatic rings. The molecular weight excluding hydrogens is 216 g/mol. The Hall–Kier alpha value is -0.610. The van der Waals surface area contributed by atoms with E-state index < -0.39 is 0 Å². The molecule has 1 heterocycles. The lowest BCUT2D eigenvalue weighted by atomic mass is 10.0. The summed E-state index contributed by atoms with van der Waals surface area (Å²) in [5, 5.41) is 3.58. The van der Waals surface area contributed by atoms with Crippen molar-refractivity contribution >= 4 is 5.97 Å². The predicted molar refractivity (Wildman–Crippen MR) is 66.9 cm³/mol. The van der Waals surface area contributed by atoms with Gasteiger partial charge in [0, 0.05) is 25.2 Å². The Morgan fingerprint density at radius 2 is 2.18 bits per heavy atom. The summed E-state index contributed by atoms with van der Waals surface area (Å²) in [6, 6.07) is 1.35. The van der Waals surface area contributed by atoms with Gasteiger partial charge in [0.05, 0.1) is 13.5 Å². The van der Waals surface area contributed by atoms with Gasteiger partial charge in [0.1, 0.15) is 0 Å². The summed E-state index contributed by atoms with van der Waals surface area (Å²) < 4.78 is 4.71. The van der Waals surface area contributed by atoms with Crippen molar-refractivity contribution in [2.45, 2.75) is 50.6 Å². The Labute approximate surface area is 104 Å². The first-order valence-electron chi connectivity index (χ1n) is 6.84. The molecule has 1 atom stereocenters. The lowest BCUT2D eigenvalue weighted by Gasteiger charge is -2.30. The number of nitrogens with one attached hydrogen (secondary N) is 1.